The molecule has 15 heavy (non-hydrogen) atoms. The summed E-state index contributed by atoms with van der Waals surface area (Å²) in [5.74, 6) is 0.355. The van der Waals surface area contributed by atoms with Crippen molar-refractivity contribution in [3.05, 3.63) is 12.4 Å². The first-order chi connectivity index (χ1) is 6.97. The van der Waals surface area contributed by atoms with E-state index in [-0.39, 0.29) is 5.75 Å². The fourth-order valence-corrected chi connectivity index (χ4v) is 1.45. The SMILES string of the molecule is Nc1cnc(NCCCS(N)(=O)=O)nc1. The first kappa shape index (κ1) is 11.7. The lowest BCUT2D eigenvalue weighted by atomic mass is 10.5. The van der Waals surface area contributed by atoms with Crippen LogP contribution in [0.15, 0.2) is 12.4 Å². The second kappa shape index (κ2) is 4.89. The monoisotopic (exact) mass is 231 g/mol. The van der Waals surface area contributed by atoms with Gasteiger partial charge < -0.3 is 11.1 Å². The number of anilines is 2. The van der Waals surface area contributed by atoms with Crippen molar-refractivity contribution in [1.29, 1.82) is 0 Å². The molecule has 0 aliphatic rings. The minimum atomic E-state index is -3.39. The molecule has 1 aromatic rings. The van der Waals surface area contributed by atoms with E-state index in [0.717, 1.165) is 0 Å². The maximum absolute atomic E-state index is 10.6. The molecule has 0 aliphatic carbocycles. The van der Waals surface area contributed by atoms with Gasteiger partial charge in [0.2, 0.25) is 16.0 Å². The third-order valence-corrected chi connectivity index (χ3v) is 2.42. The molecule has 1 rings (SSSR count). The molecule has 0 fully saturated rings. The Bertz CT molecular complexity index is 402. The van der Waals surface area contributed by atoms with Crippen molar-refractivity contribution in [2.45, 2.75) is 6.42 Å². The largest absolute Gasteiger partial charge is 0.396 e. The lowest BCUT2D eigenvalue weighted by Crippen LogP contribution is -2.19. The van der Waals surface area contributed by atoms with Gasteiger partial charge in [0.25, 0.3) is 0 Å². The first-order valence-corrected chi connectivity index (χ1v) is 6.01. The number of aromatic nitrogens is 2. The molecule has 1 heterocycles. The number of primary sulfonamides is 1. The molecular weight excluding hydrogens is 218 g/mol. The third-order valence-electron chi connectivity index (χ3n) is 1.56. The van der Waals surface area contributed by atoms with Crippen LogP contribution < -0.4 is 16.2 Å². The Labute approximate surface area is 88.0 Å². The Morgan fingerprint density at radius 3 is 2.47 bits per heavy atom. The number of rotatable bonds is 5. The maximum Gasteiger partial charge on any atom is 0.222 e. The summed E-state index contributed by atoms with van der Waals surface area (Å²) >= 11 is 0. The summed E-state index contributed by atoms with van der Waals surface area (Å²) in [4.78, 5) is 7.77. The van der Waals surface area contributed by atoms with Crippen LogP contribution in [0.3, 0.4) is 0 Å². The summed E-state index contributed by atoms with van der Waals surface area (Å²) in [5.41, 5.74) is 5.87. The number of nitrogens with zero attached hydrogens (tertiary/aromatic N) is 2. The lowest BCUT2D eigenvalue weighted by Gasteiger charge is -2.03. The number of nitrogen functional groups attached to an aromatic ring is 1. The molecule has 0 radical (unpaired) electrons. The van der Waals surface area contributed by atoms with Crippen LogP contribution in [-0.2, 0) is 10.0 Å². The molecule has 0 saturated heterocycles. The quantitative estimate of drug-likeness (QED) is 0.567. The zero-order valence-electron chi connectivity index (χ0n) is 8.05. The molecule has 5 N–H and O–H groups in total. The van der Waals surface area contributed by atoms with Crippen LogP contribution in [0.2, 0.25) is 0 Å². The molecule has 0 saturated carbocycles. The molecule has 0 atom stereocenters. The number of nitrogens with two attached hydrogens (primary N) is 2. The van der Waals surface area contributed by atoms with Gasteiger partial charge in [0.15, 0.2) is 0 Å². The average molecular weight is 231 g/mol. The fourth-order valence-electron chi connectivity index (χ4n) is 0.903. The smallest absolute Gasteiger partial charge is 0.222 e. The van der Waals surface area contributed by atoms with Crippen molar-refractivity contribution in [1.82, 2.24) is 9.97 Å². The van der Waals surface area contributed by atoms with E-state index < -0.39 is 10.0 Å². The summed E-state index contributed by atoms with van der Waals surface area (Å²) < 4.78 is 21.2. The molecule has 0 unspecified atom stereocenters. The first-order valence-electron chi connectivity index (χ1n) is 4.29. The van der Waals surface area contributed by atoms with Crippen LogP contribution in [0.25, 0.3) is 0 Å². The van der Waals surface area contributed by atoms with Gasteiger partial charge in [-0.3, -0.25) is 0 Å². The van der Waals surface area contributed by atoms with Crippen LogP contribution >= 0.6 is 0 Å². The van der Waals surface area contributed by atoms with Crippen LogP contribution in [0, 0.1) is 0 Å². The minimum Gasteiger partial charge on any atom is -0.396 e. The standard InChI is InChI=1S/C7H13N5O2S/c8-6-4-11-7(12-5-6)10-2-1-3-15(9,13)14/h4-5H,1-3,8H2,(H2,9,13,14)(H,10,11,12). The predicted octanol–water partition coefficient (Wildman–Crippen LogP) is -0.851. The van der Waals surface area contributed by atoms with Gasteiger partial charge in [-0.15, -0.1) is 0 Å². The minimum absolute atomic E-state index is 0.0605. The van der Waals surface area contributed by atoms with Crippen LogP contribution in [0.1, 0.15) is 6.42 Å². The molecule has 7 nitrogen and oxygen atoms in total. The highest BCUT2D eigenvalue weighted by atomic mass is 32.2. The molecule has 0 bridgehead atoms. The molecule has 1 aromatic heterocycles. The van der Waals surface area contributed by atoms with Crippen molar-refractivity contribution in [3.8, 4) is 0 Å². The van der Waals surface area contributed by atoms with Gasteiger partial charge in [-0.2, -0.15) is 0 Å². The highest BCUT2D eigenvalue weighted by Gasteiger charge is 2.01. The van der Waals surface area contributed by atoms with Gasteiger partial charge in [0.1, 0.15) is 0 Å². The Balaban J connectivity index is 2.29. The van der Waals surface area contributed by atoms with E-state index in [1.807, 2.05) is 0 Å². The van der Waals surface area contributed by atoms with Crippen molar-refractivity contribution >= 4 is 21.7 Å². The van der Waals surface area contributed by atoms with Gasteiger partial charge in [-0.25, -0.2) is 23.5 Å². The second-order valence-electron chi connectivity index (χ2n) is 2.99. The van der Waals surface area contributed by atoms with Gasteiger partial charge in [0.05, 0.1) is 23.8 Å². The molecule has 0 aliphatic heterocycles. The lowest BCUT2D eigenvalue weighted by molar-refractivity contribution is 0.595. The molecule has 84 valence electrons. The molecule has 0 amide bonds. The van der Waals surface area contributed by atoms with Crippen LogP contribution in [0.4, 0.5) is 11.6 Å². The summed E-state index contributed by atoms with van der Waals surface area (Å²) in [7, 11) is -3.39. The molecule has 0 aromatic carbocycles. The zero-order valence-corrected chi connectivity index (χ0v) is 8.87. The van der Waals surface area contributed by atoms with Crippen molar-refractivity contribution in [2.75, 3.05) is 23.3 Å². The van der Waals surface area contributed by atoms with Gasteiger partial charge in [0, 0.05) is 6.54 Å². The third kappa shape index (κ3) is 5.13. The second-order valence-corrected chi connectivity index (χ2v) is 4.72. The van der Waals surface area contributed by atoms with E-state index in [1.165, 1.54) is 12.4 Å². The summed E-state index contributed by atoms with van der Waals surface area (Å²) in [6, 6.07) is 0. The van der Waals surface area contributed by atoms with Gasteiger partial charge in [-0.05, 0) is 6.42 Å². The Kier molecular flexibility index (Phi) is 3.81. The van der Waals surface area contributed by atoms with Crippen LogP contribution in [0.5, 0.6) is 0 Å². The topological polar surface area (TPSA) is 124 Å². The number of hydrogen-bond donors (Lipinski definition) is 3. The molecule has 0 spiro atoms. The molecular formula is C7H13N5O2S. The Morgan fingerprint density at radius 1 is 1.33 bits per heavy atom. The number of nitrogens with one attached hydrogen (secondary N) is 1. The Morgan fingerprint density at radius 2 is 1.93 bits per heavy atom. The van der Waals surface area contributed by atoms with E-state index in [0.29, 0.717) is 24.6 Å². The van der Waals surface area contributed by atoms with E-state index in [4.69, 9.17) is 10.9 Å². The molecule has 8 heteroatoms. The fraction of sp³-hybridized carbons (Fsp3) is 0.429. The van der Waals surface area contributed by atoms with E-state index >= 15 is 0 Å². The summed E-state index contributed by atoms with van der Waals surface area (Å²) in [5, 5.41) is 7.68. The van der Waals surface area contributed by atoms with E-state index in [1.54, 1.807) is 0 Å². The van der Waals surface area contributed by atoms with Crippen LogP contribution in [-0.4, -0.2) is 30.7 Å². The van der Waals surface area contributed by atoms with Gasteiger partial charge in [-0.1, -0.05) is 0 Å². The van der Waals surface area contributed by atoms with Crippen molar-refractivity contribution in [3.63, 3.8) is 0 Å². The van der Waals surface area contributed by atoms with Crippen molar-refractivity contribution in [2.24, 2.45) is 5.14 Å². The maximum atomic E-state index is 10.6. The summed E-state index contributed by atoms with van der Waals surface area (Å²) in [6.45, 7) is 0.445. The highest BCUT2D eigenvalue weighted by Crippen LogP contribution is 2.00. The summed E-state index contributed by atoms with van der Waals surface area (Å²) in [6.07, 6.45) is 3.34. The average Bonchev–Trinajstić information content (AvgIpc) is 2.14. The van der Waals surface area contributed by atoms with Gasteiger partial charge >= 0.3 is 0 Å². The normalized spacial score (nSPS) is 11.3. The van der Waals surface area contributed by atoms with Crippen molar-refractivity contribution < 1.29 is 8.42 Å². The highest BCUT2D eigenvalue weighted by molar-refractivity contribution is 7.89. The van der Waals surface area contributed by atoms with E-state index in [2.05, 4.69) is 15.3 Å². The Hall–Kier alpha value is -1.41. The number of hydrogen-bond acceptors (Lipinski definition) is 6. The zero-order chi connectivity index (χ0) is 11.3. The van der Waals surface area contributed by atoms with E-state index in [9.17, 15) is 8.42 Å². The predicted molar refractivity (Wildman–Crippen MR) is 57.5 cm³/mol. The number of sulfonamides is 1.